The summed E-state index contributed by atoms with van der Waals surface area (Å²) in [5.41, 5.74) is 5.32. The molecule has 0 N–H and O–H groups in total. The smallest absolute Gasteiger partial charge is 0.00725 e. The first-order valence-corrected chi connectivity index (χ1v) is 6.28. The highest BCUT2D eigenvalue weighted by atomic mass is 14.0. The van der Waals surface area contributed by atoms with E-state index in [-0.39, 0.29) is 0 Å². The van der Waals surface area contributed by atoms with Gasteiger partial charge in [-0.1, -0.05) is 50.3 Å². The third kappa shape index (κ3) is 9.62. The number of allylic oxidation sites excluding steroid dienone is 2. The van der Waals surface area contributed by atoms with E-state index >= 15 is 0 Å². The van der Waals surface area contributed by atoms with Gasteiger partial charge in [0.1, 0.15) is 0 Å². The topological polar surface area (TPSA) is 0 Å². The summed E-state index contributed by atoms with van der Waals surface area (Å²) in [6.45, 7) is 19.5. The third-order valence-electron chi connectivity index (χ3n) is 2.08. The fourth-order valence-electron chi connectivity index (χ4n) is 1.26. The Balaban J connectivity index is 0. The normalized spacial score (nSPS) is 8.12. The third-order valence-corrected chi connectivity index (χ3v) is 2.08. The van der Waals surface area contributed by atoms with Gasteiger partial charge in [-0.25, -0.2) is 0 Å². The number of aryl methyl sites for hydroxylation is 2. The first-order valence-electron chi connectivity index (χ1n) is 6.28. The molecule has 0 saturated heterocycles. The fourth-order valence-corrected chi connectivity index (χ4v) is 1.26. The summed E-state index contributed by atoms with van der Waals surface area (Å²) in [5, 5.41) is 0. The van der Waals surface area contributed by atoms with Crippen LogP contribution in [0.15, 0.2) is 43.0 Å². The number of hydrogen-bond donors (Lipinski definition) is 0. The molecule has 96 valence electrons. The Labute approximate surface area is 108 Å². The maximum absolute atomic E-state index is 3.90. The van der Waals surface area contributed by atoms with E-state index in [0.29, 0.717) is 0 Å². The van der Waals surface area contributed by atoms with E-state index in [0.717, 1.165) is 6.42 Å². The van der Waals surface area contributed by atoms with E-state index in [1.54, 1.807) is 6.08 Å². The van der Waals surface area contributed by atoms with Crippen LogP contribution in [0.2, 0.25) is 0 Å². The Morgan fingerprint density at radius 2 is 1.65 bits per heavy atom. The van der Waals surface area contributed by atoms with Crippen LogP contribution in [-0.2, 0) is 6.42 Å². The van der Waals surface area contributed by atoms with Crippen molar-refractivity contribution < 1.29 is 0 Å². The summed E-state index contributed by atoms with van der Waals surface area (Å²) in [6.07, 6.45) is 2.75. The van der Waals surface area contributed by atoms with Gasteiger partial charge in [0.2, 0.25) is 0 Å². The molecule has 0 aromatic heterocycles. The van der Waals surface area contributed by atoms with E-state index in [4.69, 9.17) is 0 Å². The van der Waals surface area contributed by atoms with E-state index in [1.165, 1.54) is 22.3 Å². The molecule has 0 fully saturated rings. The molecular formula is C17H28. The number of benzene rings is 1. The Hall–Kier alpha value is -1.30. The van der Waals surface area contributed by atoms with Crippen LogP contribution in [0.5, 0.6) is 0 Å². The van der Waals surface area contributed by atoms with Crippen molar-refractivity contribution in [2.24, 2.45) is 0 Å². The average molecular weight is 232 g/mol. The van der Waals surface area contributed by atoms with Crippen molar-refractivity contribution in [2.45, 2.75) is 48.0 Å². The van der Waals surface area contributed by atoms with Crippen LogP contribution < -0.4 is 0 Å². The van der Waals surface area contributed by atoms with Crippen LogP contribution in [-0.4, -0.2) is 0 Å². The summed E-state index contributed by atoms with van der Waals surface area (Å²) in [5.74, 6) is 0. The second kappa shape index (κ2) is 11.2. The minimum Gasteiger partial charge on any atom is -0.103 e. The molecule has 0 bridgehead atoms. The molecule has 1 aromatic carbocycles. The van der Waals surface area contributed by atoms with Gasteiger partial charge in [-0.05, 0) is 50.8 Å². The quantitative estimate of drug-likeness (QED) is 0.579. The molecule has 0 atom stereocenters. The summed E-state index contributed by atoms with van der Waals surface area (Å²) < 4.78 is 0. The Kier molecular flexibility index (Phi) is 11.9. The fraction of sp³-hybridized carbons (Fsp3) is 0.412. The van der Waals surface area contributed by atoms with Crippen LogP contribution in [0.1, 0.15) is 44.4 Å². The Morgan fingerprint density at radius 3 is 2.00 bits per heavy atom. The molecule has 1 aromatic rings. The molecule has 0 heteroatoms. The lowest BCUT2D eigenvalue weighted by molar-refractivity contribution is 1.14. The van der Waals surface area contributed by atoms with Gasteiger partial charge in [0.25, 0.3) is 0 Å². The van der Waals surface area contributed by atoms with Crippen molar-refractivity contribution in [2.75, 3.05) is 0 Å². The van der Waals surface area contributed by atoms with Crippen molar-refractivity contribution in [3.8, 4) is 0 Å². The molecule has 0 saturated carbocycles. The molecule has 0 radical (unpaired) electrons. The van der Waals surface area contributed by atoms with Gasteiger partial charge in [0.15, 0.2) is 0 Å². The molecule has 0 aliphatic heterocycles. The largest absolute Gasteiger partial charge is 0.103 e. The van der Waals surface area contributed by atoms with E-state index in [2.05, 4.69) is 52.1 Å². The lowest BCUT2D eigenvalue weighted by atomic mass is 10.0. The molecule has 0 nitrogen and oxygen atoms in total. The van der Waals surface area contributed by atoms with E-state index in [1.807, 2.05) is 20.8 Å². The van der Waals surface area contributed by atoms with Crippen molar-refractivity contribution >= 4 is 0 Å². The highest BCUT2D eigenvalue weighted by Crippen LogP contribution is 2.12. The molecule has 0 heterocycles. The highest BCUT2D eigenvalue weighted by Gasteiger charge is 1.95. The monoisotopic (exact) mass is 232 g/mol. The molecule has 0 aliphatic carbocycles. The van der Waals surface area contributed by atoms with Gasteiger partial charge in [-0.2, -0.15) is 0 Å². The summed E-state index contributed by atoms with van der Waals surface area (Å²) >= 11 is 0. The standard InChI is InChI=1S/C12H16.C3H6.C2H6/c1-9(2)7-12-6-5-10(3)11(4)8-12;1-3-2;1-2/h5-6,8H,1,7H2,2-4H3;3H,1H2,2H3;1-2H3. The predicted molar refractivity (Wildman–Crippen MR) is 81.7 cm³/mol. The van der Waals surface area contributed by atoms with Crippen LogP contribution in [0.3, 0.4) is 0 Å². The van der Waals surface area contributed by atoms with Gasteiger partial charge < -0.3 is 0 Å². The Bertz CT molecular complexity index is 332. The van der Waals surface area contributed by atoms with E-state index < -0.39 is 0 Å². The first kappa shape index (κ1) is 18.1. The summed E-state index contributed by atoms with van der Waals surface area (Å²) in [6, 6.07) is 6.59. The molecule has 0 amide bonds. The Morgan fingerprint density at radius 1 is 1.18 bits per heavy atom. The predicted octanol–water partition coefficient (Wildman–Crippen LogP) is 5.64. The van der Waals surface area contributed by atoms with Gasteiger partial charge >= 0.3 is 0 Å². The maximum Gasteiger partial charge on any atom is -0.00725 e. The van der Waals surface area contributed by atoms with Gasteiger partial charge in [0.05, 0.1) is 0 Å². The van der Waals surface area contributed by atoms with Crippen molar-refractivity contribution in [3.63, 3.8) is 0 Å². The SMILES string of the molecule is C=C(C)Cc1ccc(C)c(C)c1.C=CC.CC. The van der Waals surface area contributed by atoms with Crippen molar-refractivity contribution in [3.05, 3.63) is 59.7 Å². The molecule has 0 aliphatic rings. The molecule has 1 rings (SSSR count). The minimum absolute atomic E-state index is 1.00. The van der Waals surface area contributed by atoms with Crippen LogP contribution in [0.4, 0.5) is 0 Å². The van der Waals surface area contributed by atoms with Gasteiger partial charge in [-0.3, -0.25) is 0 Å². The highest BCUT2D eigenvalue weighted by molar-refractivity contribution is 5.31. The molecular weight excluding hydrogens is 204 g/mol. The van der Waals surface area contributed by atoms with Crippen LogP contribution in [0, 0.1) is 13.8 Å². The second-order valence-electron chi connectivity index (χ2n) is 3.96. The first-order chi connectivity index (χ1) is 8.01. The average Bonchev–Trinajstić information content (AvgIpc) is 2.27. The molecule has 0 unspecified atom stereocenters. The molecule has 17 heavy (non-hydrogen) atoms. The zero-order chi connectivity index (χ0) is 13.8. The molecule has 0 spiro atoms. The number of rotatable bonds is 2. The minimum atomic E-state index is 1.00. The zero-order valence-electron chi connectivity index (χ0n) is 12.4. The summed E-state index contributed by atoms with van der Waals surface area (Å²) in [7, 11) is 0. The van der Waals surface area contributed by atoms with Crippen LogP contribution in [0.25, 0.3) is 0 Å². The van der Waals surface area contributed by atoms with Crippen molar-refractivity contribution in [1.29, 1.82) is 0 Å². The second-order valence-corrected chi connectivity index (χ2v) is 3.96. The van der Waals surface area contributed by atoms with E-state index in [9.17, 15) is 0 Å². The maximum atomic E-state index is 3.90. The lowest BCUT2D eigenvalue weighted by Gasteiger charge is -2.04. The lowest BCUT2D eigenvalue weighted by Crippen LogP contribution is -1.88. The van der Waals surface area contributed by atoms with Crippen molar-refractivity contribution in [1.82, 2.24) is 0 Å². The zero-order valence-corrected chi connectivity index (χ0v) is 12.4. The van der Waals surface area contributed by atoms with Crippen LogP contribution >= 0.6 is 0 Å². The number of hydrogen-bond acceptors (Lipinski definition) is 0. The van der Waals surface area contributed by atoms with Gasteiger partial charge in [0, 0.05) is 0 Å². The summed E-state index contributed by atoms with van der Waals surface area (Å²) in [4.78, 5) is 0. The van der Waals surface area contributed by atoms with Gasteiger partial charge in [-0.15, -0.1) is 6.58 Å².